The van der Waals surface area contributed by atoms with Gasteiger partial charge in [-0.2, -0.15) is 0 Å². The molecule has 0 amide bonds. The Bertz CT molecular complexity index is 433. The molecule has 5 heteroatoms. The lowest BCUT2D eigenvalue weighted by Gasteiger charge is -2.14. The molecule has 0 atom stereocenters. The number of nitrogen functional groups attached to an aromatic ring is 1. The Morgan fingerprint density at radius 1 is 1.50 bits per heavy atom. The van der Waals surface area contributed by atoms with Crippen LogP contribution in [0.1, 0.15) is 31.1 Å². The molecular weight excluding hydrogens is 296 g/mol. The van der Waals surface area contributed by atoms with Crippen LogP contribution in [0, 0.1) is 5.92 Å². The van der Waals surface area contributed by atoms with E-state index >= 15 is 0 Å². The van der Waals surface area contributed by atoms with Crippen LogP contribution in [-0.4, -0.2) is 19.1 Å². The molecule has 1 rings (SSSR count). The average Bonchev–Trinajstić information content (AvgIpc) is 2.27. The van der Waals surface area contributed by atoms with Crippen molar-refractivity contribution >= 4 is 33.3 Å². The zero-order valence-electron chi connectivity index (χ0n) is 10.9. The van der Waals surface area contributed by atoms with Crippen molar-refractivity contribution < 1.29 is 9.53 Å². The predicted molar refractivity (Wildman–Crippen MR) is 77.8 cm³/mol. The number of esters is 1. The number of hydrogen-bond acceptors (Lipinski definition) is 4. The molecule has 0 spiro atoms. The summed E-state index contributed by atoms with van der Waals surface area (Å²) in [6.07, 6.45) is 0. The van der Waals surface area contributed by atoms with E-state index in [9.17, 15) is 4.79 Å². The van der Waals surface area contributed by atoms with Crippen LogP contribution in [0.4, 0.5) is 11.4 Å². The normalized spacial score (nSPS) is 10.5. The highest BCUT2D eigenvalue weighted by atomic mass is 79.9. The summed E-state index contributed by atoms with van der Waals surface area (Å²) < 4.78 is 5.64. The van der Waals surface area contributed by atoms with Crippen LogP contribution in [0.2, 0.25) is 0 Å². The molecule has 0 aliphatic heterocycles. The average molecular weight is 315 g/mol. The van der Waals surface area contributed by atoms with Crippen molar-refractivity contribution in [2.24, 2.45) is 5.92 Å². The van der Waals surface area contributed by atoms with Gasteiger partial charge in [0.1, 0.15) is 0 Å². The zero-order valence-corrected chi connectivity index (χ0v) is 12.5. The van der Waals surface area contributed by atoms with Crippen molar-refractivity contribution in [3.05, 3.63) is 22.2 Å². The fourth-order valence-corrected chi connectivity index (χ4v) is 1.94. The molecule has 3 N–H and O–H groups in total. The monoisotopic (exact) mass is 314 g/mol. The van der Waals surface area contributed by atoms with E-state index in [1.165, 1.54) is 0 Å². The van der Waals surface area contributed by atoms with E-state index in [4.69, 9.17) is 10.5 Å². The number of halogens is 1. The Balaban J connectivity index is 2.98. The van der Waals surface area contributed by atoms with Crippen molar-refractivity contribution in [1.29, 1.82) is 0 Å². The summed E-state index contributed by atoms with van der Waals surface area (Å²) in [5.41, 5.74) is 7.76. The zero-order chi connectivity index (χ0) is 13.7. The van der Waals surface area contributed by atoms with Gasteiger partial charge in [0, 0.05) is 11.0 Å². The Hall–Kier alpha value is -1.23. The second kappa shape index (κ2) is 6.64. The minimum absolute atomic E-state index is 0.350. The molecule has 0 saturated heterocycles. The number of hydrogen-bond donors (Lipinski definition) is 2. The SMILES string of the molecule is CCOC(=O)c1cc(NCC(C)C)c(N)cc1Br. The molecule has 0 saturated carbocycles. The highest BCUT2D eigenvalue weighted by molar-refractivity contribution is 9.10. The lowest BCUT2D eigenvalue weighted by Crippen LogP contribution is -2.12. The number of anilines is 2. The van der Waals surface area contributed by atoms with Crippen LogP contribution in [0.25, 0.3) is 0 Å². The van der Waals surface area contributed by atoms with Crippen LogP contribution in [0.15, 0.2) is 16.6 Å². The molecule has 18 heavy (non-hydrogen) atoms. The van der Waals surface area contributed by atoms with E-state index in [1.807, 2.05) is 0 Å². The molecule has 100 valence electrons. The van der Waals surface area contributed by atoms with Crippen LogP contribution >= 0.6 is 15.9 Å². The molecule has 4 nitrogen and oxygen atoms in total. The van der Waals surface area contributed by atoms with Crippen molar-refractivity contribution in [1.82, 2.24) is 0 Å². The summed E-state index contributed by atoms with van der Waals surface area (Å²) in [6, 6.07) is 3.44. The second-order valence-electron chi connectivity index (χ2n) is 4.41. The van der Waals surface area contributed by atoms with Gasteiger partial charge in [-0.3, -0.25) is 0 Å². The molecule has 0 aliphatic rings. The van der Waals surface area contributed by atoms with E-state index in [0.29, 0.717) is 28.2 Å². The standard InChI is InChI=1S/C13H19BrN2O2/c1-4-18-13(17)9-5-12(16-7-8(2)3)11(15)6-10(9)14/h5-6,8,16H,4,7,15H2,1-3H3. The number of carbonyl (C=O) groups excluding carboxylic acids is 1. The minimum Gasteiger partial charge on any atom is -0.462 e. The third kappa shape index (κ3) is 3.91. The lowest BCUT2D eigenvalue weighted by molar-refractivity contribution is 0.0525. The number of nitrogens with two attached hydrogens (primary N) is 1. The van der Waals surface area contributed by atoms with Gasteiger partial charge in [0.2, 0.25) is 0 Å². The van der Waals surface area contributed by atoms with Gasteiger partial charge >= 0.3 is 5.97 Å². The van der Waals surface area contributed by atoms with Crippen LogP contribution in [0.3, 0.4) is 0 Å². The molecular formula is C13H19BrN2O2. The summed E-state index contributed by atoms with van der Waals surface area (Å²) in [4.78, 5) is 11.7. The van der Waals surface area contributed by atoms with Crippen molar-refractivity contribution in [3.8, 4) is 0 Å². The molecule has 0 aromatic heterocycles. The van der Waals surface area contributed by atoms with Gasteiger partial charge in [-0.25, -0.2) is 4.79 Å². The van der Waals surface area contributed by atoms with E-state index in [-0.39, 0.29) is 5.97 Å². The Morgan fingerprint density at radius 2 is 2.17 bits per heavy atom. The van der Waals surface area contributed by atoms with Crippen molar-refractivity contribution in [2.75, 3.05) is 24.2 Å². The van der Waals surface area contributed by atoms with Gasteiger partial charge in [0.05, 0.1) is 23.5 Å². The van der Waals surface area contributed by atoms with Crippen molar-refractivity contribution in [2.45, 2.75) is 20.8 Å². The number of rotatable bonds is 5. The quantitative estimate of drug-likeness (QED) is 0.646. The molecule has 0 aliphatic carbocycles. The second-order valence-corrected chi connectivity index (χ2v) is 5.27. The largest absolute Gasteiger partial charge is 0.462 e. The topological polar surface area (TPSA) is 64.3 Å². The van der Waals surface area contributed by atoms with Gasteiger partial charge in [-0.1, -0.05) is 13.8 Å². The Kier molecular flexibility index (Phi) is 5.47. The van der Waals surface area contributed by atoms with Gasteiger partial charge in [-0.05, 0) is 40.9 Å². The molecule has 0 radical (unpaired) electrons. The number of ether oxygens (including phenoxy) is 1. The first-order valence-corrected chi connectivity index (χ1v) is 6.75. The summed E-state index contributed by atoms with van der Waals surface area (Å²) in [6.45, 7) is 7.14. The van der Waals surface area contributed by atoms with Crippen molar-refractivity contribution in [3.63, 3.8) is 0 Å². The lowest BCUT2D eigenvalue weighted by atomic mass is 10.1. The molecule has 0 heterocycles. The fraction of sp³-hybridized carbons (Fsp3) is 0.462. The van der Waals surface area contributed by atoms with E-state index in [0.717, 1.165) is 12.2 Å². The maximum Gasteiger partial charge on any atom is 0.339 e. The smallest absolute Gasteiger partial charge is 0.339 e. The Labute approximate surface area is 116 Å². The van der Waals surface area contributed by atoms with Gasteiger partial charge in [-0.15, -0.1) is 0 Å². The summed E-state index contributed by atoms with van der Waals surface area (Å²) >= 11 is 3.32. The van der Waals surface area contributed by atoms with E-state index < -0.39 is 0 Å². The number of nitrogens with one attached hydrogen (secondary N) is 1. The molecule has 1 aromatic carbocycles. The van der Waals surface area contributed by atoms with Gasteiger partial charge in [0.15, 0.2) is 0 Å². The highest BCUT2D eigenvalue weighted by Crippen LogP contribution is 2.28. The molecule has 1 aromatic rings. The number of carbonyl (C=O) groups is 1. The molecule has 0 fully saturated rings. The third-order valence-corrected chi connectivity index (χ3v) is 2.99. The first kappa shape index (κ1) is 14.8. The summed E-state index contributed by atoms with van der Waals surface area (Å²) in [7, 11) is 0. The molecule has 0 bridgehead atoms. The summed E-state index contributed by atoms with van der Waals surface area (Å²) in [5, 5.41) is 3.22. The highest BCUT2D eigenvalue weighted by Gasteiger charge is 2.14. The predicted octanol–water partition coefficient (Wildman–Crippen LogP) is 3.28. The third-order valence-electron chi connectivity index (χ3n) is 2.34. The maximum absolute atomic E-state index is 11.7. The summed E-state index contributed by atoms with van der Waals surface area (Å²) in [5.74, 6) is 0.149. The van der Waals surface area contributed by atoms with E-state index in [2.05, 4.69) is 35.1 Å². The van der Waals surface area contributed by atoms with Gasteiger partial charge in [0.25, 0.3) is 0 Å². The minimum atomic E-state index is -0.350. The first-order chi connectivity index (χ1) is 8.45. The first-order valence-electron chi connectivity index (χ1n) is 5.95. The van der Waals surface area contributed by atoms with Crippen LogP contribution in [0.5, 0.6) is 0 Å². The molecule has 0 unspecified atom stereocenters. The number of benzene rings is 1. The van der Waals surface area contributed by atoms with Gasteiger partial charge < -0.3 is 15.8 Å². The van der Waals surface area contributed by atoms with E-state index in [1.54, 1.807) is 19.1 Å². The van der Waals surface area contributed by atoms with Crippen LogP contribution < -0.4 is 11.1 Å². The fourth-order valence-electron chi connectivity index (χ4n) is 1.42. The van der Waals surface area contributed by atoms with Crippen LogP contribution in [-0.2, 0) is 4.74 Å². The Morgan fingerprint density at radius 3 is 2.72 bits per heavy atom. The maximum atomic E-state index is 11.7.